The zero-order valence-electron chi connectivity index (χ0n) is 9.63. The van der Waals surface area contributed by atoms with Crippen LogP contribution >= 0.6 is 0 Å². The van der Waals surface area contributed by atoms with Crippen molar-refractivity contribution in [1.82, 2.24) is 4.98 Å². The summed E-state index contributed by atoms with van der Waals surface area (Å²) in [5.74, 6) is 0. The maximum absolute atomic E-state index is 10.8. The molecule has 1 aromatic heterocycles. The number of carbonyl (C=O) groups is 1. The highest BCUT2D eigenvalue weighted by Gasteiger charge is 1.97. The highest BCUT2D eigenvalue weighted by atomic mass is 16.1. The van der Waals surface area contributed by atoms with Crippen molar-refractivity contribution in [2.75, 3.05) is 0 Å². The molecule has 0 radical (unpaired) electrons. The second kappa shape index (κ2) is 5.21. The fourth-order valence-electron chi connectivity index (χ4n) is 1.52. The number of hydrogen-bond acceptors (Lipinski definition) is 2. The second-order valence-electron chi connectivity index (χ2n) is 3.84. The first-order chi connectivity index (χ1) is 8.29. The summed E-state index contributed by atoms with van der Waals surface area (Å²) in [4.78, 5) is 15.0. The lowest BCUT2D eigenvalue weighted by Crippen LogP contribution is -1.88. The fraction of sp³-hybridized carbons (Fsp3) is 0.0667. The van der Waals surface area contributed by atoms with Gasteiger partial charge in [0.1, 0.15) is 0 Å². The summed E-state index contributed by atoms with van der Waals surface area (Å²) in [6, 6.07) is 11.7. The Balaban J connectivity index is 2.25. The number of hydrogen-bond donors (Lipinski definition) is 0. The molecule has 0 unspecified atom stereocenters. The molecular weight excluding hydrogens is 210 g/mol. The molecule has 2 nitrogen and oxygen atoms in total. The Labute approximate surface area is 101 Å². The molecular formula is C15H13NO. The van der Waals surface area contributed by atoms with E-state index in [1.807, 2.05) is 24.3 Å². The van der Waals surface area contributed by atoms with E-state index in [0.29, 0.717) is 11.3 Å². The molecule has 0 N–H and O–H groups in total. The summed E-state index contributed by atoms with van der Waals surface area (Å²) < 4.78 is 0. The van der Waals surface area contributed by atoms with E-state index in [4.69, 9.17) is 0 Å². The number of rotatable bonds is 3. The molecule has 17 heavy (non-hydrogen) atoms. The summed E-state index contributed by atoms with van der Waals surface area (Å²) in [6.45, 7) is 2.05. The predicted octanol–water partition coefficient (Wildman–Crippen LogP) is 3.37. The smallest absolute Gasteiger partial charge is 0.152 e. The van der Waals surface area contributed by atoms with Crippen molar-refractivity contribution in [3.63, 3.8) is 0 Å². The van der Waals surface area contributed by atoms with Crippen molar-refractivity contribution < 1.29 is 4.79 Å². The number of benzene rings is 1. The van der Waals surface area contributed by atoms with Gasteiger partial charge in [0.15, 0.2) is 6.29 Å². The molecule has 0 amide bonds. The van der Waals surface area contributed by atoms with Gasteiger partial charge in [0.25, 0.3) is 0 Å². The number of pyridine rings is 1. The van der Waals surface area contributed by atoms with Crippen molar-refractivity contribution in [1.29, 1.82) is 0 Å². The Bertz CT molecular complexity index is 541. The molecule has 0 fully saturated rings. The number of carbonyl (C=O) groups excluding carboxylic acids is 1. The quantitative estimate of drug-likeness (QED) is 0.747. The normalized spacial score (nSPS) is 10.6. The van der Waals surface area contributed by atoms with Gasteiger partial charge in [-0.1, -0.05) is 35.9 Å². The van der Waals surface area contributed by atoms with Gasteiger partial charge in [-0.05, 0) is 30.7 Å². The average Bonchev–Trinajstić information content (AvgIpc) is 2.38. The van der Waals surface area contributed by atoms with Crippen LogP contribution in [0.5, 0.6) is 0 Å². The van der Waals surface area contributed by atoms with E-state index in [-0.39, 0.29) is 0 Å². The van der Waals surface area contributed by atoms with E-state index < -0.39 is 0 Å². The number of aldehydes is 1. The summed E-state index contributed by atoms with van der Waals surface area (Å²) in [7, 11) is 0. The molecule has 0 bridgehead atoms. The topological polar surface area (TPSA) is 30.0 Å². The van der Waals surface area contributed by atoms with Crippen molar-refractivity contribution in [3.05, 3.63) is 65.0 Å². The van der Waals surface area contributed by atoms with Crippen LogP contribution in [0.25, 0.3) is 12.2 Å². The van der Waals surface area contributed by atoms with Gasteiger partial charge < -0.3 is 0 Å². The molecule has 2 heteroatoms. The minimum Gasteiger partial charge on any atom is -0.298 e. The van der Waals surface area contributed by atoms with E-state index >= 15 is 0 Å². The third kappa shape index (κ3) is 2.88. The summed E-state index contributed by atoms with van der Waals surface area (Å²) in [5, 5.41) is 0. The Kier molecular flexibility index (Phi) is 3.46. The highest BCUT2D eigenvalue weighted by Crippen LogP contribution is 2.10. The Morgan fingerprint density at radius 2 is 1.82 bits per heavy atom. The van der Waals surface area contributed by atoms with Crippen LogP contribution in [0.15, 0.2) is 42.6 Å². The lowest BCUT2D eigenvalue weighted by atomic mass is 10.1. The highest BCUT2D eigenvalue weighted by molar-refractivity contribution is 5.83. The first-order valence-electron chi connectivity index (χ1n) is 5.44. The van der Waals surface area contributed by atoms with Crippen molar-refractivity contribution >= 4 is 18.4 Å². The molecule has 0 saturated heterocycles. The predicted molar refractivity (Wildman–Crippen MR) is 69.7 cm³/mol. The van der Waals surface area contributed by atoms with Crippen molar-refractivity contribution in [2.45, 2.75) is 6.92 Å². The van der Waals surface area contributed by atoms with Crippen LogP contribution in [-0.4, -0.2) is 11.3 Å². The summed E-state index contributed by atoms with van der Waals surface area (Å²) in [5.41, 5.74) is 3.63. The largest absolute Gasteiger partial charge is 0.298 e. The molecule has 84 valence electrons. The first kappa shape index (κ1) is 11.3. The number of aryl methyl sites for hydroxylation is 1. The molecule has 1 heterocycles. The maximum Gasteiger partial charge on any atom is 0.152 e. The lowest BCUT2D eigenvalue weighted by Gasteiger charge is -1.97. The molecule has 1 aromatic carbocycles. The minimum atomic E-state index is 0.607. The van der Waals surface area contributed by atoms with Crippen LogP contribution in [0.4, 0.5) is 0 Å². The molecule has 0 aliphatic heterocycles. The van der Waals surface area contributed by atoms with Gasteiger partial charge in [0.05, 0.1) is 5.69 Å². The lowest BCUT2D eigenvalue weighted by molar-refractivity contribution is 0.112. The van der Waals surface area contributed by atoms with Gasteiger partial charge in [-0.3, -0.25) is 9.78 Å². The number of nitrogens with zero attached hydrogens (tertiary/aromatic N) is 1. The SMILES string of the molecule is Cc1ccc(C=Cc2ncccc2C=O)cc1. The van der Waals surface area contributed by atoms with Gasteiger partial charge >= 0.3 is 0 Å². The van der Waals surface area contributed by atoms with Gasteiger partial charge in [-0.25, -0.2) is 0 Å². The molecule has 2 aromatic rings. The molecule has 0 spiro atoms. The molecule has 0 aliphatic carbocycles. The molecule has 0 saturated carbocycles. The Morgan fingerprint density at radius 3 is 2.53 bits per heavy atom. The third-order valence-electron chi connectivity index (χ3n) is 2.51. The molecule has 0 atom stereocenters. The minimum absolute atomic E-state index is 0.607. The van der Waals surface area contributed by atoms with Gasteiger partial charge in [0.2, 0.25) is 0 Å². The van der Waals surface area contributed by atoms with Crippen LogP contribution in [0, 0.1) is 6.92 Å². The van der Waals surface area contributed by atoms with Crippen molar-refractivity contribution in [3.8, 4) is 0 Å². The van der Waals surface area contributed by atoms with Crippen LogP contribution in [0.3, 0.4) is 0 Å². The van der Waals surface area contributed by atoms with Gasteiger partial charge in [0, 0.05) is 11.8 Å². The van der Waals surface area contributed by atoms with E-state index in [0.717, 1.165) is 11.8 Å². The first-order valence-corrected chi connectivity index (χ1v) is 5.44. The van der Waals surface area contributed by atoms with E-state index in [2.05, 4.69) is 24.0 Å². The van der Waals surface area contributed by atoms with Gasteiger partial charge in [-0.15, -0.1) is 0 Å². The van der Waals surface area contributed by atoms with Crippen molar-refractivity contribution in [2.24, 2.45) is 0 Å². The van der Waals surface area contributed by atoms with E-state index in [1.54, 1.807) is 18.3 Å². The maximum atomic E-state index is 10.8. The average molecular weight is 223 g/mol. The van der Waals surface area contributed by atoms with Crippen LogP contribution in [-0.2, 0) is 0 Å². The zero-order valence-corrected chi connectivity index (χ0v) is 9.63. The third-order valence-corrected chi connectivity index (χ3v) is 2.51. The Morgan fingerprint density at radius 1 is 1.06 bits per heavy atom. The summed E-state index contributed by atoms with van der Waals surface area (Å²) in [6.07, 6.45) is 6.31. The van der Waals surface area contributed by atoms with E-state index in [1.165, 1.54) is 5.56 Å². The molecule has 2 rings (SSSR count). The summed E-state index contributed by atoms with van der Waals surface area (Å²) >= 11 is 0. The fourth-order valence-corrected chi connectivity index (χ4v) is 1.52. The van der Waals surface area contributed by atoms with Gasteiger partial charge in [-0.2, -0.15) is 0 Å². The monoisotopic (exact) mass is 223 g/mol. The van der Waals surface area contributed by atoms with Crippen LogP contribution in [0.1, 0.15) is 27.2 Å². The standard InChI is InChI=1S/C15H13NO/c1-12-4-6-13(7-5-12)8-9-15-14(11-17)3-2-10-16-15/h2-11H,1H3. The Hall–Kier alpha value is -2.22. The zero-order chi connectivity index (χ0) is 12.1. The van der Waals surface area contributed by atoms with Crippen LogP contribution < -0.4 is 0 Å². The molecule has 0 aliphatic rings. The van der Waals surface area contributed by atoms with Crippen LogP contribution in [0.2, 0.25) is 0 Å². The van der Waals surface area contributed by atoms with E-state index in [9.17, 15) is 4.79 Å². The number of aromatic nitrogens is 1. The second-order valence-corrected chi connectivity index (χ2v) is 3.84.